The van der Waals surface area contributed by atoms with Gasteiger partial charge in [0.15, 0.2) is 0 Å². The Balaban J connectivity index is 2.07. The first-order valence-corrected chi connectivity index (χ1v) is 9.00. The minimum atomic E-state index is -0.423. The summed E-state index contributed by atoms with van der Waals surface area (Å²) >= 11 is 1.35. The van der Waals surface area contributed by atoms with Crippen LogP contribution in [0.1, 0.15) is 19.4 Å². The fraction of sp³-hybridized carbons (Fsp3) is 0.200. The van der Waals surface area contributed by atoms with Gasteiger partial charge in [-0.2, -0.15) is 0 Å². The molecule has 134 valence electrons. The lowest BCUT2D eigenvalue weighted by Gasteiger charge is -2.15. The highest BCUT2D eigenvalue weighted by atomic mass is 32.2. The zero-order chi connectivity index (χ0) is 18.8. The normalized spacial score (nSPS) is 14.6. The van der Waals surface area contributed by atoms with Crippen molar-refractivity contribution in [3.8, 4) is 5.75 Å². The van der Waals surface area contributed by atoms with E-state index in [1.165, 1.54) is 36.0 Å². The topological polar surface area (TPSA) is 46.6 Å². The van der Waals surface area contributed by atoms with E-state index < -0.39 is 11.7 Å². The van der Waals surface area contributed by atoms with Crippen LogP contribution < -0.4 is 9.64 Å². The van der Waals surface area contributed by atoms with Crippen LogP contribution in [0.2, 0.25) is 0 Å². The number of amides is 2. The van der Waals surface area contributed by atoms with Crippen LogP contribution in [0.3, 0.4) is 0 Å². The molecule has 2 aromatic carbocycles. The van der Waals surface area contributed by atoms with Crippen LogP contribution in [0.4, 0.5) is 10.1 Å². The van der Waals surface area contributed by atoms with E-state index in [0.29, 0.717) is 27.5 Å². The first-order chi connectivity index (χ1) is 12.4. The number of benzene rings is 2. The predicted octanol–water partition coefficient (Wildman–Crippen LogP) is 4.26. The Labute approximate surface area is 155 Å². The number of carbonyl (C=O) groups excluding carboxylic acids is 2. The SMILES string of the molecule is COc1ccc(C2=C(SC(C)C)C(=O)N(c3ccc(F)cc3)C2=O)cc1. The van der Waals surface area contributed by atoms with Crippen LogP contribution in [0, 0.1) is 5.82 Å². The number of carbonyl (C=O) groups is 2. The second kappa shape index (κ2) is 7.33. The van der Waals surface area contributed by atoms with Gasteiger partial charge in [0.05, 0.1) is 23.3 Å². The maximum absolute atomic E-state index is 13.2. The van der Waals surface area contributed by atoms with Crippen molar-refractivity contribution < 1.29 is 18.7 Å². The van der Waals surface area contributed by atoms with Crippen molar-refractivity contribution >= 4 is 34.8 Å². The van der Waals surface area contributed by atoms with Gasteiger partial charge < -0.3 is 4.74 Å². The Morgan fingerprint density at radius 2 is 1.58 bits per heavy atom. The largest absolute Gasteiger partial charge is 0.497 e. The summed E-state index contributed by atoms with van der Waals surface area (Å²) in [5.41, 5.74) is 1.37. The van der Waals surface area contributed by atoms with Gasteiger partial charge in [0.25, 0.3) is 11.8 Å². The Kier molecular flexibility index (Phi) is 5.13. The van der Waals surface area contributed by atoms with Crippen LogP contribution in [0.25, 0.3) is 5.57 Å². The highest BCUT2D eigenvalue weighted by Gasteiger charge is 2.40. The lowest BCUT2D eigenvalue weighted by molar-refractivity contribution is -0.119. The molecule has 4 nitrogen and oxygen atoms in total. The minimum Gasteiger partial charge on any atom is -0.497 e. The second-order valence-corrected chi connectivity index (χ2v) is 7.61. The number of anilines is 1. The lowest BCUT2D eigenvalue weighted by Crippen LogP contribution is -2.31. The zero-order valence-corrected chi connectivity index (χ0v) is 15.5. The highest BCUT2D eigenvalue weighted by Crippen LogP contribution is 2.40. The lowest BCUT2D eigenvalue weighted by atomic mass is 10.1. The Hall–Kier alpha value is -2.60. The predicted molar refractivity (Wildman–Crippen MR) is 102 cm³/mol. The first kappa shape index (κ1) is 18.2. The molecule has 2 amide bonds. The fourth-order valence-electron chi connectivity index (χ4n) is 2.69. The maximum Gasteiger partial charge on any atom is 0.272 e. The number of hydrogen-bond donors (Lipinski definition) is 0. The number of rotatable bonds is 5. The van der Waals surface area contributed by atoms with Gasteiger partial charge in [0, 0.05) is 5.25 Å². The molecular formula is C20H18FNO3S. The molecule has 26 heavy (non-hydrogen) atoms. The van der Waals surface area contributed by atoms with Gasteiger partial charge >= 0.3 is 0 Å². The molecule has 2 aromatic rings. The molecule has 1 aliphatic heterocycles. The molecule has 3 rings (SSSR count). The van der Waals surface area contributed by atoms with E-state index in [1.54, 1.807) is 31.4 Å². The van der Waals surface area contributed by atoms with E-state index in [-0.39, 0.29) is 11.2 Å². The van der Waals surface area contributed by atoms with Crippen molar-refractivity contribution in [1.82, 2.24) is 0 Å². The standard InChI is InChI=1S/C20H18FNO3S/c1-12(2)26-18-17(13-4-10-16(25-3)11-5-13)19(23)22(20(18)24)15-8-6-14(21)7-9-15/h4-12H,1-3H3. The van der Waals surface area contributed by atoms with E-state index in [9.17, 15) is 14.0 Å². The molecule has 0 fully saturated rings. The molecule has 1 aliphatic rings. The molecule has 0 radical (unpaired) electrons. The molecule has 6 heteroatoms. The molecular weight excluding hydrogens is 353 g/mol. The van der Waals surface area contributed by atoms with Crippen LogP contribution in [-0.4, -0.2) is 24.2 Å². The minimum absolute atomic E-state index is 0.128. The van der Waals surface area contributed by atoms with Crippen LogP contribution in [0.5, 0.6) is 5.75 Å². The number of thioether (sulfide) groups is 1. The smallest absolute Gasteiger partial charge is 0.272 e. The molecule has 0 aliphatic carbocycles. The molecule has 0 N–H and O–H groups in total. The number of imide groups is 1. The van der Waals surface area contributed by atoms with Crippen molar-refractivity contribution in [3.63, 3.8) is 0 Å². The summed E-state index contributed by atoms with van der Waals surface area (Å²) in [5.74, 6) is -0.548. The molecule has 1 heterocycles. The zero-order valence-electron chi connectivity index (χ0n) is 14.7. The van der Waals surface area contributed by atoms with Crippen molar-refractivity contribution in [1.29, 1.82) is 0 Å². The summed E-state index contributed by atoms with van der Waals surface area (Å²) in [7, 11) is 1.56. The summed E-state index contributed by atoms with van der Waals surface area (Å²) < 4.78 is 18.4. The van der Waals surface area contributed by atoms with Gasteiger partial charge in [-0.3, -0.25) is 9.59 Å². The van der Waals surface area contributed by atoms with Crippen LogP contribution >= 0.6 is 11.8 Å². The monoisotopic (exact) mass is 371 g/mol. The Bertz CT molecular complexity index is 873. The Morgan fingerprint density at radius 1 is 0.962 bits per heavy atom. The number of ether oxygens (including phenoxy) is 1. The van der Waals surface area contributed by atoms with E-state index in [2.05, 4.69) is 0 Å². The first-order valence-electron chi connectivity index (χ1n) is 8.12. The molecule has 0 atom stereocenters. The number of hydrogen-bond acceptors (Lipinski definition) is 4. The van der Waals surface area contributed by atoms with Crippen molar-refractivity contribution in [2.24, 2.45) is 0 Å². The maximum atomic E-state index is 13.2. The fourth-order valence-corrected chi connectivity index (χ4v) is 3.68. The van der Waals surface area contributed by atoms with Crippen molar-refractivity contribution in [2.75, 3.05) is 12.0 Å². The summed E-state index contributed by atoms with van der Waals surface area (Å²) in [6.45, 7) is 3.92. The van der Waals surface area contributed by atoms with E-state index in [0.717, 1.165) is 4.90 Å². The number of methoxy groups -OCH3 is 1. The molecule has 0 saturated carbocycles. The summed E-state index contributed by atoms with van der Waals surface area (Å²) in [5, 5.41) is 0.128. The summed E-state index contributed by atoms with van der Waals surface area (Å²) in [6.07, 6.45) is 0. The van der Waals surface area contributed by atoms with Crippen molar-refractivity contribution in [3.05, 3.63) is 64.8 Å². The summed E-state index contributed by atoms with van der Waals surface area (Å²) in [6, 6.07) is 12.3. The Morgan fingerprint density at radius 3 is 2.12 bits per heavy atom. The van der Waals surface area contributed by atoms with Crippen LogP contribution in [-0.2, 0) is 9.59 Å². The van der Waals surface area contributed by atoms with E-state index in [1.807, 2.05) is 13.8 Å². The third kappa shape index (κ3) is 3.37. The quantitative estimate of drug-likeness (QED) is 0.737. The van der Waals surface area contributed by atoms with Gasteiger partial charge in [-0.25, -0.2) is 9.29 Å². The molecule has 0 unspecified atom stereocenters. The average molecular weight is 371 g/mol. The van der Waals surface area contributed by atoms with Crippen LogP contribution in [0.15, 0.2) is 53.4 Å². The van der Waals surface area contributed by atoms with E-state index >= 15 is 0 Å². The molecule has 0 bridgehead atoms. The molecule has 0 spiro atoms. The number of halogens is 1. The van der Waals surface area contributed by atoms with Gasteiger partial charge in [0.2, 0.25) is 0 Å². The van der Waals surface area contributed by atoms with Gasteiger partial charge in [0.1, 0.15) is 11.6 Å². The summed E-state index contributed by atoms with van der Waals surface area (Å²) in [4.78, 5) is 27.5. The van der Waals surface area contributed by atoms with E-state index in [4.69, 9.17) is 4.74 Å². The van der Waals surface area contributed by atoms with Gasteiger partial charge in [-0.15, -0.1) is 11.8 Å². The van der Waals surface area contributed by atoms with Gasteiger partial charge in [-0.05, 0) is 42.0 Å². The molecule has 0 aromatic heterocycles. The average Bonchev–Trinajstić information content (AvgIpc) is 2.86. The second-order valence-electron chi connectivity index (χ2n) is 6.02. The third-order valence-corrected chi connectivity index (χ3v) is 4.94. The molecule has 0 saturated heterocycles. The highest BCUT2D eigenvalue weighted by molar-refractivity contribution is 8.04. The number of nitrogens with zero attached hydrogens (tertiary/aromatic N) is 1. The van der Waals surface area contributed by atoms with Crippen molar-refractivity contribution in [2.45, 2.75) is 19.1 Å². The van der Waals surface area contributed by atoms with Gasteiger partial charge in [-0.1, -0.05) is 26.0 Å². The third-order valence-electron chi connectivity index (χ3n) is 3.86.